The largest absolute Gasteiger partial charge is 0.409 e. The highest BCUT2D eigenvalue weighted by molar-refractivity contribution is 7.89. The number of benzene rings is 1. The predicted molar refractivity (Wildman–Crippen MR) is 73.0 cm³/mol. The number of hydrogen-bond donors (Lipinski definition) is 1. The maximum Gasteiger partial charge on any atom is 0.409 e. The number of ether oxygens (including phenoxy) is 1. The van der Waals surface area contributed by atoms with Crippen LogP contribution in [0.2, 0.25) is 0 Å². The van der Waals surface area contributed by atoms with E-state index in [1.807, 2.05) is 4.72 Å². The zero-order chi connectivity index (χ0) is 16.0. The lowest BCUT2D eigenvalue weighted by molar-refractivity contribution is -0.189. The molecule has 122 valence electrons. The van der Waals surface area contributed by atoms with E-state index in [0.29, 0.717) is 0 Å². The number of sulfonamides is 1. The van der Waals surface area contributed by atoms with Gasteiger partial charge in [-0.1, -0.05) is 6.07 Å². The number of nitrogens with one attached hydrogen (secondary N) is 1. The van der Waals surface area contributed by atoms with Crippen LogP contribution in [0.3, 0.4) is 0 Å². The standard InChI is InChI=1S/C14H16F3NO3S/c15-14(16,17)13(6-7-21-9-13)18-22(19,20)12-5-4-10-2-1-3-11(10)8-12/h4-5,8,18H,1-3,6-7,9H2/t13-/m0/s1. The van der Waals surface area contributed by atoms with Crippen LogP contribution in [-0.2, 0) is 27.6 Å². The first kappa shape index (κ1) is 15.8. The molecule has 1 aromatic carbocycles. The molecule has 0 spiro atoms. The Morgan fingerprint density at radius 3 is 2.55 bits per heavy atom. The van der Waals surface area contributed by atoms with E-state index in [0.717, 1.165) is 30.4 Å². The molecule has 0 radical (unpaired) electrons. The van der Waals surface area contributed by atoms with Crippen molar-refractivity contribution in [2.24, 2.45) is 0 Å². The third-order valence-electron chi connectivity index (χ3n) is 4.27. The van der Waals surface area contributed by atoms with Crippen LogP contribution >= 0.6 is 0 Å². The van der Waals surface area contributed by atoms with Crippen LogP contribution in [0.15, 0.2) is 23.1 Å². The first-order chi connectivity index (χ1) is 10.2. The molecule has 22 heavy (non-hydrogen) atoms. The van der Waals surface area contributed by atoms with E-state index in [-0.39, 0.29) is 11.5 Å². The Kier molecular flexibility index (Phi) is 3.73. The molecule has 0 saturated carbocycles. The highest BCUT2D eigenvalue weighted by atomic mass is 32.2. The van der Waals surface area contributed by atoms with E-state index in [1.54, 1.807) is 6.07 Å². The quantitative estimate of drug-likeness (QED) is 0.921. The van der Waals surface area contributed by atoms with Gasteiger partial charge in [0.15, 0.2) is 5.54 Å². The van der Waals surface area contributed by atoms with Crippen molar-refractivity contribution in [2.45, 2.75) is 42.3 Å². The van der Waals surface area contributed by atoms with Gasteiger partial charge >= 0.3 is 6.18 Å². The summed E-state index contributed by atoms with van der Waals surface area (Å²) in [6, 6.07) is 4.53. The number of rotatable bonds is 3. The molecule has 2 aliphatic rings. The molecular formula is C14H16F3NO3S. The summed E-state index contributed by atoms with van der Waals surface area (Å²) in [5, 5.41) is 0. The summed E-state index contributed by atoms with van der Waals surface area (Å²) in [5.41, 5.74) is -0.578. The second kappa shape index (κ2) is 5.21. The van der Waals surface area contributed by atoms with Gasteiger partial charge in [-0.15, -0.1) is 0 Å². The maximum atomic E-state index is 13.3. The van der Waals surface area contributed by atoms with Crippen molar-refractivity contribution in [3.8, 4) is 0 Å². The summed E-state index contributed by atoms with van der Waals surface area (Å²) in [4.78, 5) is -0.122. The van der Waals surface area contributed by atoms with Crippen LogP contribution < -0.4 is 4.72 Å². The lowest BCUT2D eigenvalue weighted by Gasteiger charge is -2.30. The normalized spacial score (nSPS) is 25.4. The number of aryl methyl sites for hydroxylation is 2. The van der Waals surface area contributed by atoms with Crippen molar-refractivity contribution in [3.05, 3.63) is 29.3 Å². The molecule has 1 aliphatic carbocycles. The van der Waals surface area contributed by atoms with Crippen molar-refractivity contribution in [3.63, 3.8) is 0 Å². The molecule has 3 rings (SSSR count). The Labute approximate surface area is 126 Å². The van der Waals surface area contributed by atoms with Gasteiger partial charge in [0.25, 0.3) is 0 Å². The van der Waals surface area contributed by atoms with Crippen LogP contribution in [0.25, 0.3) is 0 Å². The van der Waals surface area contributed by atoms with E-state index in [2.05, 4.69) is 0 Å². The van der Waals surface area contributed by atoms with Gasteiger partial charge < -0.3 is 4.74 Å². The Morgan fingerprint density at radius 2 is 1.91 bits per heavy atom. The maximum absolute atomic E-state index is 13.3. The minimum absolute atomic E-state index is 0.119. The van der Waals surface area contributed by atoms with Gasteiger partial charge in [0.05, 0.1) is 11.5 Å². The molecule has 0 bridgehead atoms. The first-order valence-electron chi connectivity index (χ1n) is 7.04. The predicted octanol–water partition coefficient (Wildman–Crippen LogP) is 2.17. The number of hydrogen-bond acceptors (Lipinski definition) is 3. The molecule has 1 fully saturated rings. The van der Waals surface area contributed by atoms with Gasteiger partial charge in [-0.05, 0) is 42.5 Å². The summed E-state index contributed by atoms with van der Waals surface area (Å²) in [6.07, 6.45) is -2.55. The lowest BCUT2D eigenvalue weighted by Crippen LogP contribution is -2.59. The lowest BCUT2D eigenvalue weighted by atomic mass is 10.0. The van der Waals surface area contributed by atoms with Crippen molar-refractivity contribution in [1.29, 1.82) is 0 Å². The fourth-order valence-corrected chi connectivity index (χ4v) is 4.41. The van der Waals surface area contributed by atoms with E-state index < -0.39 is 34.8 Å². The molecule has 4 nitrogen and oxygen atoms in total. The van der Waals surface area contributed by atoms with E-state index >= 15 is 0 Å². The van der Waals surface area contributed by atoms with Gasteiger partial charge in [-0.2, -0.15) is 17.9 Å². The van der Waals surface area contributed by atoms with Gasteiger partial charge in [0.2, 0.25) is 10.0 Å². The van der Waals surface area contributed by atoms with E-state index in [1.165, 1.54) is 12.1 Å². The molecule has 0 aromatic heterocycles. The summed E-state index contributed by atoms with van der Waals surface area (Å²) in [5.74, 6) is 0. The van der Waals surface area contributed by atoms with Crippen molar-refractivity contribution in [1.82, 2.24) is 4.72 Å². The van der Waals surface area contributed by atoms with Gasteiger partial charge in [0.1, 0.15) is 0 Å². The van der Waals surface area contributed by atoms with Crippen molar-refractivity contribution >= 4 is 10.0 Å². The average Bonchev–Trinajstić information content (AvgIpc) is 3.05. The second-order valence-corrected chi connectivity index (χ2v) is 7.45. The third-order valence-corrected chi connectivity index (χ3v) is 5.81. The summed E-state index contributed by atoms with van der Waals surface area (Å²) in [6.45, 7) is -0.813. The zero-order valence-electron chi connectivity index (χ0n) is 11.7. The second-order valence-electron chi connectivity index (χ2n) is 5.77. The van der Waals surface area contributed by atoms with Gasteiger partial charge in [-0.3, -0.25) is 0 Å². The molecule has 1 atom stereocenters. The summed E-state index contributed by atoms with van der Waals surface area (Å²) in [7, 11) is -4.26. The Morgan fingerprint density at radius 1 is 1.18 bits per heavy atom. The highest BCUT2D eigenvalue weighted by Crippen LogP contribution is 2.38. The van der Waals surface area contributed by atoms with Crippen LogP contribution in [0.1, 0.15) is 24.0 Å². The fraction of sp³-hybridized carbons (Fsp3) is 0.571. The Balaban J connectivity index is 1.93. The monoisotopic (exact) mass is 335 g/mol. The molecule has 1 heterocycles. The van der Waals surface area contributed by atoms with E-state index in [4.69, 9.17) is 4.74 Å². The Bertz CT molecular complexity index is 679. The topological polar surface area (TPSA) is 55.4 Å². The van der Waals surface area contributed by atoms with Crippen LogP contribution in [0.4, 0.5) is 13.2 Å². The molecule has 0 unspecified atom stereocenters. The zero-order valence-corrected chi connectivity index (χ0v) is 12.6. The number of fused-ring (bicyclic) bond motifs is 1. The van der Waals surface area contributed by atoms with Gasteiger partial charge in [-0.25, -0.2) is 8.42 Å². The minimum atomic E-state index is -4.70. The SMILES string of the molecule is O=S(=O)(N[C@@]1(C(F)(F)F)CCOC1)c1ccc2c(c1)CCC2. The molecular weight excluding hydrogens is 319 g/mol. The van der Waals surface area contributed by atoms with Gasteiger partial charge in [0, 0.05) is 13.0 Å². The molecule has 1 saturated heterocycles. The molecule has 8 heteroatoms. The highest BCUT2D eigenvalue weighted by Gasteiger charge is 2.59. The number of halogens is 3. The average molecular weight is 335 g/mol. The molecule has 1 aliphatic heterocycles. The molecule has 1 N–H and O–H groups in total. The van der Waals surface area contributed by atoms with Crippen LogP contribution in [0.5, 0.6) is 0 Å². The molecule has 1 aromatic rings. The third kappa shape index (κ3) is 2.63. The summed E-state index contributed by atoms with van der Waals surface area (Å²) < 4.78 is 71.2. The Hall–Kier alpha value is -1.12. The fourth-order valence-electron chi connectivity index (χ4n) is 2.96. The van der Waals surface area contributed by atoms with Crippen molar-refractivity contribution in [2.75, 3.05) is 13.2 Å². The van der Waals surface area contributed by atoms with E-state index in [9.17, 15) is 21.6 Å². The van der Waals surface area contributed by atoms with Crippen LogP contribution in [0, 0.1) is 0 Å². The van der Waals surface area contributed by atoms with Crippen LogP contribution in [-0.4, -0.2) is 33.3 Å². The van der Waals surface area contributed by atoms with Crippen molar-refractivity contribution < 1.29 is 26.3 Å². The smallest absolute Gasteiger partial charge is 0.379 e. The molecule has 0 amide bonds. The first-order valence-corrected chi connectivity index (χ1v) is 8.52. The number of alkyl halides is 3. The minimum Gasteiger partial charge on any atom is -0.379 e. The summed E-state index contributed by atoms with van der Waals surface area (Å²) >= 11 is 0.